The predicted molar refractivity (Wildman–Crippen MR) is 152 cm³/mol. The van der Waals surface area contributed by atoms with Crippen LogP contribution in [0.5, 0.6) is 0 Å². The van der Waals surface area contributed by atoms with Crippen LogP contribution in [0.1, 0.15) is 23.1 Å². The number of hydrogen-bond donors (Lipinski definition) is 0. The average molecular weight is 538 g/mol. The van der Waals surface area contributed by atoms with Crippen LogP contribution < -0.4 is 4.90 Å². The van der Waals surface area contributed by atoms with Crippen LogP contribution in [-0.4, -0.2) is 69.6 Å². The molecule has 2 aromatic carbocycles. The molecule has 10 heteroatoms. The van der Waals surface area contributed by atoms with Crippen molar-refractivity contribution in [2.24, 2.45) is 0 Å². The number of rotatable bonds is 6. The van der Waals surface area contributed by atoms with E-state index in [0.29, 0.717) is 25.6 Å². The molecule has 6 rings (SSSR count). The topological polar surface area (TPSA) is 102 Å². The minimum Gasteiger partial charge on any atom is -0.377 e. The molecule has 1 aliphatic heterocycles. The number of ether oxygens (including phenoxy) is 1. The number of benzene rings is 2. The maximum absolute atomic E-state index is 12.2. The van der Waals surface area contributed by atoms with Crippen molar-refractivity contribution in [3.8, 4) is 22.5 Å². The molecule has 1 atom stereocenters. The highest BCUT2D eigenvalue weighted by Gasteiger charge is 2.28. The van der Waals surface area contributed by atoms with Gasteiger partial charge in [-0.15, -0.1) is 0 Å². The van der Waals surface area contributed by atoms with Crippen LogP contribution >= 0.6 is 0 Å². The first-order valence-corrected chi connectivity index (χ1v) is 13.3. The lowest BCUT2D eigenvalue weighted by Gasteiger charge is -2.37. The van der Waals surface area contributed by atoms with Gasteiger partial charge < -0.3 is 19.1 Å². The highest BCUT2D eigenvalue weighted by atomic mass is 16.5. The molecule has 1 aliphatic rings. The number of hydrogen-bond acceptors (Lipinski definition) is 8. The highest BCUT2D eigenvalue weighted by molar-refractivity contribution is 5.95. The Kier molecular flexibility index (Phi) is 6.77. The lowest BCUT2D eigenvalue weighted by Crippen LogP contribution is -2.40. The van der Waals surface area contributed by atoms with Crippen LogP contribution in [0.4, 0.5) is 5.82 Å². The Morgan fingerprint density at radius 1 is 1.07 bits per heavy atom. The highest BCUT2D eigenvalue weighted by Crippen LogP contribution is 2.37. The van der Waals surface area contributed by atoms with Crippen molar-refractivity contribution in [3.05, 3.63) is 77.9 Å². The summed E-state index contributed by atoms with van der Waals surface area (Å²) in [5.41, 5.74) is 5.53. The second-order valence-corrected chi connectivity index (χ2v) is 10.2. The van der Waals surface area contributed by atoms with E-state index in [9.17, 15) is 4.79 Å². The summed E-state index contributed by atoms with van der Waals surface area (Å²) < 4.78 is 13.0. The van der Waals surface area contributed by atoms with E-state index < -0.39 is 0 Å². The van der Waals surface area contributed by atoms with Crippen molar-refractivity contribution in [3.63, 3.8) is 0 Å². The molecule has 0 bridgehead atoms. The van der Waals surface area contributed by atoms with Gasteiger partial charge >= 0.3 is 0 Å². The number of likely N-dealkylation sites (N-methyl/N-ethyl adjacent to an activating group) is 1. The Labute approximate surface area is 232 Å². The van der Waals surface area contributed by atoms with Gasteiger partial charge in [-0.2, -0.15) is 5.10 Å². The van der Waals surface area contributed by atoms with Crippen molar-refractivity contribution in [2.45, 2.75) is 26.4 Å². The van der Waals surface area contributed by atoms with Crippen LogP contribution in [0.3, 0.4) is 0 Å². The minimum absolute atomic E-state index is 0.0101. The zero-order chi connectivity index (χ0) is 27.8. The largest absolute Gasteiger partial charge is 0.377 e. The third kappa shape index (κ3) is 4.82. The molecule has 0 N–H and O–H groups in total. The van der Waals surface area contributed by atoms with E-state index in [4.69, 9.17) is 19.2 Å². The lowest BCUT2D eigenvalue weighted by molar-refractivity contribution is -0.129. The number of nitrogens with zero attached hydrogens (tertiary/aromatic N) is 7. The maximum atomic E-state index is 12.2. The summed E-state index contributed by atoms with van der Waals surface area (Å²) in [6.45, 7) is 5.84. The summed E-state index contributed by atoms with van der Waals surface area (Å²) >= 11 is 0. The Hall–Kier alpha value is -4.57. The van der Waals surface area contributed by atoms with Crippen molar-refractivity contribution in [1.82, 2.24) is 29.8 Å². The van der Waals surface area contributed by atoms with Gasteiger partial charge in [0.2, 0.25) is 5.91 Å². The molecule has 0 saturated carbocycles. The number of amides is 1. The van der Waals surface area contributed by atoms with Crippen LogP contribution in [-0.2, 0) is 16.1 Å². The third-order valence-electron chi connectivity index (χ3n) is 7.27. The molecule has 10 nitrogen and oxygen atoms in total. The molecule has 0 radical (unpaired) electrons. The first-order valence-electron chi connectivity index (χ1n) is 13.3. The minimum atomic E-state index is -0.0411. The predicted octanol–water partition coefficient (Wildman–Crippen LogP) is 4.43. The Balaban J connectivity index is 1.50. The summed E-state index contributed by atoms with van der Waals surface area (Å²) in [6, 6.07) is 16.5. The summed E-state index contributed by atoms with van der Waals surface area (Å²) in [6.07, 6.45) is 3.53. The van der Waals surface area contributed by atoms with Gasteiger partial charge in [0.05, 0.1) is 42.2 Å². The summed E-state index contributed by atoms with van der Waals surface area (Å²) in [7, 11) is 3.46. The maximum Gasteiger partial charge on any atom is 0.243 e. The van der Waals surface area contributed by atoms with E-state index >= 15 is 0 Å². The van der Waals surface area contributed by atoms with Crippen molar-refractivity contribution in [2.75, 3.05) is 38.8 Å². The van der Waals surface area contributed by atoms with Crippen molar-refractivity contribution < 1.29 is 14.1 Å². The fourth-order valence-corrected chi connectivity index (χ4v) is 5.16. The van der Waals surface area contributed by atoms with Crippen LogP contribution in [0.15, 0.2) is 65.4 Å². The average Bonchev–Trinajstić information content (AvgIpc) is 3.58. The van der Waals surface area contributed by atoms with E-state index in [1.54, 1.807) is 29.9 Å². The lowest BCUT2D eigenvalue weighted by atomic mass is 10.0. The summed E-state index contributed by atoms with van der Waals surface area (Å²) in [5.74, 6) is 2.10. The molecule has 4 heterocycles. The van der Waals surface area contributed by atoms with Gasteiger partial charge in [0.25, 0.3) is 0 Å². The van der Waals surface area contributed by atoms with Gasteiger partial charge in [-0.05, 0) is 37.1 Å². The fourth-order valence-electron chi connectivity index (χ4n) is 5.16. The number of fused-ring (bicyclic) bond motifs is 1. The van der Waals surface area contributed by atoms with Crippen molar-refractivity contribution in [1.29, 1.82) is 0 Å². The fraction of sp³-hybridized carbons (Fsp3) is 0.300. The standard InChI is InChI=1S/C30H31N7O3/c1-19-28(20(2)40-34-19)22-10-11-25-24(14-22)30(37-12-13-39-18-26(37)21-8-6-5-7-9-21)33-29(32-25)23-15-31-36(16-23)17-27(38)35(3)4/h5-11,14-16,26H,12-13,17-18H2,1-4H3. The van der Waals surface area contributed by atoms with E-state index in [1.807, 2.05) is 50.4 Å². The molecule has 0 aliphatic carbocycles. The van der Waals surface area contributed by atoms with E-state index in [0.717, 1.165) is 50.4 Å². The molecule has 1 fully saturated rings. The Bertz CT molecular complexity index is 1660. The molecule has 40 heavy (non-hydrogen) atoms. The van der Waals surface area contributed by atoms with Gasteiger partial charge in [0.1, 0.15) is 18.1 Å². The first-order chi connectivity index (χ1) is 19.4. The van der Waals surface area contributed by atoms with E-state index in [-0.39, 0.29) is 18.5 Å². The monoisotopic (exact) mass is 537 g/mol. The number of aromatic nitrogens is 5. The zero-order valence-electron chi connectivity index (χ0n) is 23.0. The molecule has 1 amide bonds. The SMILES string of the molecule is Cc1noc(C)c1-c1ccc2nc(-c3cnn(CC(=O)N(C)C)c3)nc(N3CCOCC3c3ccccc3)c2c1. The second kappa shape index (κ2) is 10.5. The van der Waals surface area contributed by atoms with Gasteiger partial charge in [0.15, 0.2) is 5.82 Å². The van der Waals surface area contributed by atoms with E-state index in [2.05, 4.69) is 33.4 Å². The number of morpholine rings is 1. The normalized spacial score (nSPS) is 15.5. The second-order valence-electron chi connectivity index (χ2n) is 10.2. The van der Waals surface area contributed by atoms with Crippen LogP contribution in [0.2, 0.25) is 0 Å². The number of carbonyl (C=O) groups excluding carboxylic acids is 1. The van der Waals surface area contributed by atoms with Gasteiger partial charge in [-0.3, -0.25) is 9.48 Å². The third-order valence-corrected chi connectivity index (χ3v) is 7.27. The van der Waals surface area contributed by atoms with Crippen LogP contribution in [0.25, 0.3) is 33.4 Å². The quantitative estimate of drug-likeness (QED) is 0.314. The Morgan fingerprint density at radius 2 is 1.90 bits per heavy atom. The zero-order valence-corrected chi connectivity index (χ0v) is 23.0. The smallest absolute Gasteiger partial charge is 0.243 e. The van der Waals surface area contributed by atoms with Gasteiger partial charge in [0, 0.05) is 37.8 Å². The number of aryl methyl sites for hydroxylation is 2. The molecule has 3 aromatic heterocycles. The molecule has 1 saturated heterocycles. The molecule has 204 valence electrons. The summed E-state index contributed by atoms with van der Waals surface area (Å²) in [4.78, 5) is 26.2. The van der Waals surface area contributed by atoms with Gasteiger partial charge in [-0.25, -0.2) is 9.97 Å². The summed E-state index contributed by atoms with van der Waals surface area (Å²) in [5, 5.41) is 9.49. The number of carbonyl (C=O) groups is 1. The molecular formula is C30H31N7O3. The molecular weight excluding hydrogens is 506 g/mol. The molecule has 0 spiro atoms. The number of anilines is 1. The molecule has 1 unspecified atom stereocenters. The van der Waals surface area contributed by atoms with Crippen LogP contribution in [0, 0.1) is 13.8 Å². The first kappa shape index (κ1) is 25.7. The Morgan fingerprint density at radius 3 is 2.65 bits per heavy atom. The van der Waals surface area contributed by atoms with Gasteiger partial charge in [-0.1, -0.05) is 41.6 Å². The van der Waals surface area contributed by atoms with Crippen molar-refractivity contribution >= 4 is 22.6 Å². The van der Waals surface area contributed by atoms with E-state index in [1.165, 1.54) is 0 Å². The molecule has 5 aromatic rings.